The van der Waals surface area contributed by atoms with Crippen LogP contribution in [-0.2, 0) is 9.53 Å². The van der Waals surface area contributed by atoms with Gasteiger partial charge in [-0.2, -0.15) is 0 Å². The molecule has 1 aliphatic heterocycles. The predicted octanol–water partition coefficient (Wildman–Crippen LogP) is 0.689. The van der Waals surface area contributed by atoms with Gasteiger partial charge in [-0.3, -0.25) is 4.90 Å². The Bertz CT molecular complexity index is 309. The highest BCUT2D eigenvalue weighted by Crippen LogP contribution is 2.26. The van der Waals surface area contributed by atoms with Gasteiger partial charge >= 0.3 is 12.1 Å². The van der Waals surface area contributed by atoms with Crippen molar-refractivity contribution in [2.24, 2.45) is 5.92 Å². The first-order valence-corrected chi connectivity index (χ1v) is 5.59. The van der Waals surface area contributed by atoms with Crippen molar-refractivity contribution in [1.82, 2.24) is 4.90 Å². The summed E-state index contributed by atoms with van der Waals surface area (Å²) in [5.41, 5.74) is -0.655. The highest BCUT2D eigenvalue weighted by atomic mass is 16.6. The molecular weight excluding hydrogens is 226 g/mol. The van der Waals surface area contributed by atoms with Crippen molar-refractivity contribution < 1.29 is 24.5 Å². The maximum atomic E-state index is 11.8. The van der Waals surface area contributed by atoms with E-state index in [4.69, 9.17) is 14.9 Å². The van der Waals surface area contributed by atoms with Crippen LogP contribution in [0.2, 0.25) is 0 Å². The molecule has 2 atom stereocenters. The average molecular weight is 245 g/mol. The Morgan fingerprint density at radius 3 is 2.41 bits per heavy atom. The van der Waals surface area contributed by atoms with Gasteiger partial charge in [0.05, 0.1) is 0 Å². The molecule has 1 rings (SSSR count). The molecule has 0 radical (unpaired) electrons. The van der Waals surface area contributed by atoms with Crippen LogP contribution in [0.1, 0.15) is 27.2 Å². The first kappa shape index (κ1) is 13.8. The van der Waals surface area contributed by atoms with E-state index in [1.165, 1.54) is 4.90 Å². The number of hydrogen-bond acceptors (Lipinski definition) is 4. The summed E-state index contributed by atoms with van der Waals surface area (Å²) in [5.74, 6) is -1.52. The van der Waals surface area contributed by atoms with Gasteiger partial charge in [0.25, 0.3) is 0 Å². The highest BCUT2D eigenvalue weighted by molar-refractivity contribution is 5.81. The zero-order valence-electron chi connectivity index (χ0n) is 10.3. The first-order chi connectivity index (χ1) is 7.76. The molecule has 1 heterocycles. The van der Waals surface area contributed by atoms with Gasteiger partial charge < -0.3 is 14.9 Å². The Labute approximate surface area is 100 Å². The average Bonchev–Trinajstić information content (AvgIpc) is 2.57. The van der Waals surface area contributed by atoms with Gasteiger partial charge in [-0.05, 0) is 27.2 Å². The molecule has 2 unspecified atom stereocenters. The molecule has 6 nitrogen and oxygen atoms in total. The second kappa shape index (κ2) is 4.91. The fraction of sp³-hybridized carbons (Fsp3) is 0.818. The molecule has 1 amide bonds. The molecule has 0 aromatic rings. The van der Waals surface area contributed by atoms with Crippen LogP contribution in [-0.4, -0.2) is 52.0 Å². The molecule has 1 fully saturated rings. The second-order valence-corrected chi connectivity index (χ2v) is 5.19. The molecule has 1 aliphatic rings. The Morgan fingerprint density at radius 2 is 2.00 bits per heavy atom. The van der Waals surface area contributed by atoms with Crippen molar-refractivity contribution in [3.63, 3.8) is 0 Å². The van der Waals surface area contributed by atoms with E-state index in [2.05, 4.69) is 0 Å². The number of likely N-dealkylation sites (tertiary alicyclic amines) is 1. The van der Waals surface area contributed by atoms with Crippen LogP contribution in [0.4, 0.5) is 4.79 Å². The van der Waals surface area contributed by atoms with Crippen molar-refractivity contribution in [2.45, 2.75) is 38.8 Å². The molecule has 0 aromatic carbocycles. The summed E-state index contributed by atoms with van der Waals surface area (Å²) < 4.78 is 5.14. The number of aliphatic hydroxyl groups excluding tert-OH is 1. The molecule has 2 N–H and O–H groups in total. The number of nitrogens with zero attached hydrogens (tertiary/aromatic N) is 1. The van der Waals surface area contributed by atoms with Crippen LogP contribution < -0.4 is 0 Å². The van der Waals surface area contributed by atoms with Crippen molar-refractivity contribution in [1.29, 1.82) is 0 Å². The van der Waals surface area contributed by atoms with Gasteiger partial charge in [-0.25, -0.2) is 9.59 Å². The number of carbonyl (C=O) groups is 2. The van der Waals surface area contributed by atoms with Gasteiger partial charge in [0, 0.05) is 19.1 Å². The zero-order valence-corrected chi connectivity index (χ0v) is 10.3. The lowest BCUT2D eigenvalue weighted by molar-refractivity contribution is -0.143. The third-order valence-corrected chi connectivity index (χ3v) is 2.64. The number of aliphatic carboxylic acids is 1. The number of rotatable bonds is 2. The van der Waals surface area contributed by atoms with E-state index >= 15 is 0 Å². The van der Waals surface area contributed by atoms with E-state index in [0.29, 0.717) is 13.0 Å². The lowest BCUT2D eigenvalue weighted by atomic mass is 10.0. The molecule has 1 saturated heterocycles. The maximum Gasteiger partial charge on any atom is 0.411 e. The number of carboxylic acids is 1. The largest absolute Gasteiger partial charge is 0.480 e. The number of ether oxygens (including phenoxy) is 1. The highest BCUT2D eigenvalue weighted by Gasteiger charge is 2.43. The summed E-state index contributed by atoms with van der Waals surface area (Å²) in [4.78, 5) is 24.1. The number of carboxylic acid groups (broad SMARTS) is 1. The lowest BCUT2D eigenvalue weighted by Crippen LogP contribution is -2.46. The van der Waals surface area contributed by atoms with E-state index in [-0.39, 0.29) is 6.61 Å². The third kappa shape index (κ3) is 3.33. The third-order valence-electron chi connectivity index (χ3n) is 2.64. The minimum Gasteiger partial charge on any atom is -0.480 e. The van der Waals surface area contributed by atoms with Crippen LogP contribution in [0.25, 0.3) is 0 Å². The van der Waals surface area contributed by atoms with Crippen molar-refractivity contribution in [3.05, 3.63) is 0 Å². The first-order valence-electron chi connectivity index (χ1n) is 5.59. The predicted molar refractivity (Wildman–Crippen MR) is 59.6 cm³/mol. The molecule has 0 spiro atoms. The molecule has 0 aliphatic carbocycles. The molecule has 17 heavy (non-hydrogen) atoms. The van der Waals surface area contributed by atoms with Crippen LogP contribution in [0.3, 0.4) is 0 Å². The Hall–Kier alpha value is -1.30. The van der Waals surface area contributed by atoms with E-state index < -0.39 is 29.6 Å². The fourth-order valence-corrected chi connectivity index (χ4v) is 1.91. The summed E-state index contributed by atoms with van der Waals surface area (Å²) >= 11 is 0. The van der Waals surface area contributed by atoms with Gasteiger partial charge in [-0.15, -0.1) is 0 Å². The van der Waals surface area contributed by atoms with Crippen LogP contribution in [0.15, 0.2) is 0 Å². The van der Waals surface area contributed by atoms with Gasteiger partial charge in [0.1, 0.15) is 11.6 Å². The zero-order chi connectivity index (χ0) is 13.2. The Morgan fingerprint density at radius 1 is 1.41 bits per heavy atom. The number of hydrogen-bond donors (Lipinski definition) is 2. The molecule has 0 saturated carbocycles. The standard InChI is InChI=1S/C11H19NO5/c1-11(2,3)17-10(16)12-5-4-7(6-13)8(12)9(14)15/h7-8,13H,4-6H2,1-3H3,(H,14,15). The maximum absolute atomic E-state index is 11.8. The molecule has 98 valence electrons. The van der Waals surface area contributed by atoms with Crippen LogP contribution in [0, 0.1) is 5.92 Å². The summed E-state index contributed by atoms with van der Waals surface area (Å²) in [7, 11) is 0. The number of carbonyl (C=O) groups excluding carboxylic acids is 1. The van der Waals surface area contributed by atoms with E-state index in [1.807, 2.05) is 0 Å². The smallest absolute Gasteiger partial charge is 0.411 e. The summed E-state index contributed by atoms with van der Waals surface area (Å²) in [5, 5.41) is 18.1. The lowest BCUT2D eigenvalue weighted by Gasteiger charge is -2.27. The second-order valence-electron chi connectivity index (χ2n) is 5.19. The molecule has 0 aromatic heterocycles. The molecule has 0 bridgehead atoms. The van der Waals surface area contributed by atoms with Crippen LogP contribution >= 0.6 is 0 Å². The quantitative estimate of drug-likeness (QED) is 0.747. The van der Waals surface area contributed by atoms with Crippen molar-refractivity contribution in [2.75, 3.05) is 13.2 Å². The Balaban J connectivity index is 2.76. The van der Waals surface area contributed by atoms with Crippen molar-refractivity contribution >= 4 is 12.1 Å². The van der Waals surface area contributed by atoms with Gasteiger partial charge in [0.2, 0.25) is 0 Å². The molecular formula is C11H19NO5. The molecule has 6 heteroatoms. The topological polar surface area (TPSA) is 87.1 Å². The number of amides is 1. The monoisotopic (exact) mass is 245 g/mol. The minimum atomic E-state index is -1.10. The summed E-state index contributed by atoms with van der Waals surface area (Å²) in [6.07, 6.45) is -0.159. The Kier molecular flexibility index (Phi) is 3.98. The summed E-state index contributed by atoms with van der Waals surface area (Å²) in [6.45, 7) is 5.23. The van der Waals surface area contributed by atoms with E-state index in [9.17, 15) is 9.59 Å². The van der Waals surface area contributed by atoms with Crippen LogP contribution in [0.5, 0.6) is 0 Å². The SMILES string of the molecule is CC(C)(C)OC(=O)N1CCC(CO)C1C(=O)O. The van der Waals surface area contributed by atoms with Crippen molar-refractivity contribution in [3.8, 4) is 0 Å². The van der Waals surface area contributed by atoms with E-state index in [1.54, 1.807) is 20.8 Å². The fourth-order valence-electron chi connectivity index (χ4n) is 1.91. The summed E-state index contributed by atoms with van der Waals surface area (Å²) in [6, 6.07) is -0.991. The van der Waals surface area contributed by atoms with Gasteiger partial charge in [-0.1, -0.05) is 0 Å². The van der Waals surface area contributed by atoms with Gasteiger partial charge in [0.15, 0.2) is 0 Å². The van der Waals surface area contributed by atoms with E-state index in [0.717, 1.165) is 0 Å². The normalized spacial score (nSPS) is 24.8. The number of aliphatic hydroxyl groups is 1. The minimum absolute atomic E-state index is 0.240.